The molecule has 1 rings (SSSR count). The topological polar surface area (TPSA) is 46.2 Å². The molecule has 0 saturated heterocycles. The molecule has 0 fully saturated rings. The maximum Gasteiger partial charge on any atom is 0.152 e. The van der Waals surface area contributed by atoms with Gasteiger partial charge in [0.2, 0.25) is 0 Å². The molecule has 0 heterocycles. The van der Waals surface area contributed by atoms with Gasteiger partial charge >= 0.3 is 0 Å². The Labute approximate surface area is 125 Å². The Bertz CT molecular complexity index is 476. The lowest BCUT2D eigenvalue weighted by Crippen LogP contribution is -2.18. The molecule has 0 bridgehead atoms. The second kappa shape index (κ2) is 6.94. The SMILES string of the molecule is CCCS(=O)(=O)CCNc1cc(I)ccc1Br. The van der Waals surface area contributed by atoms with Crippen molar-refractivity contribution in [3.63, 3.8) is 0 Å². The molecular formula is C11H15BrINO2S. The molecule has 1 aromatic rings. The summed E-state index contributed by atoms with van der Waals surface area (Å²) in [5.74, 6) is 0.445. The van der Waals surface area contributed by atoms with Crippen LogP contribution < -0.4 is 5.32 Å². The molecule has 0 aliphatic rings. The molecule has 96 valence electrons. The van der Waals surface area contributed by atoms with Crippen LogP contribution in [0.15, 0.2) is 22.7 Å². The third-order valence-corrected chi connectivity index (χ3v) is 5.39. The number of nitrogens with one attached hydrogen (secondary N) is 1. The van der Waals surface area contributed by atoms with E-state index in [1.165, 1.54) is 0 Å². The van der Waals surface area contributed by atoms with E-state index in [0.29, 0.717) is 13.0 Å². The highest BCUT2D eigenvalue weighted by atomic mass is 127. The normalized spacial score (nSPS) is 11.5. The van der Waals surface area contributed by atoms with Crippen LogP contribution in [0.4, 0.5) is 5.69 Å². The third kappa shape index (κ3) is 5.56. The molecule has 0 amide bonds. The zero-order chi connectivity index (χ0) is 12.9. The number of benzene rings is 1. The van der Waals surface area contributed by atoms with Gasteiger partial charge in [-0.15, -0.1) is 0 Å². The van der Waals surface area contributed by atoms with Crippen LogP contribution in [0, 0.1) is 3.57 Å². The first-order valence-corrected chi connectivity index (χ1v) is 9.03. The smallest absolute Gasteiger partial charge is 0.152 e. The van der Waals surface area contributed by atoms with Crippen molar-refractivity contribution in [3.8, 4) is 0 Å². The number of hydrogen-bond acceptors (Lipinski definition) is 3. The van der Waals surface area contributed by atoms with Gasteiger partial charge in [-0.3, -0.25) is 0 Å². The van der Waals surface area contributed by atoms with Gasteiger partial charge in [-0.2, -0.15) is 0 Å². The predicted octanol–water partition coefficient (Wildman–Crippen LogP) is 3.29. The Kier molecular flexibility index (Phi) is 6.22. The molecule has 0 aromatic heterocycles. The first kappa shape index (κ1) is 15.2. The molecule has 0 radical (unpaired) electrons. The summed E-state index contributed by atoms with van der Waals surface area (Å²) in [6.45, 7) is 2.32. The standard InChI is InChI=1S/C11H15BrINO2S/c1-2-6-17(15,16)7-5-14-11-8-9(13)3-4-10(11)12/h3-4,8,14H,2,5-7H2,1H3. The molecule has 6 heteroatoms. The molecule has 1 aromatic carbocycles. The average Bonchev–Trinajstić information content (AvgIpc) is 2.23. The molecule has 0 saturated carbocycles. The fourth-order valence-corrected chi connectivity index (χ4v) is 3.50. The molecular weight excluding hydrogens is 417 g/mol. The van der Waals surface area contributed by atoms with Gasteiger partial charge in [0.1, 0.15) is 0 Å². The minimum absolute atomic E-state index is 0.179. The van der Waals surface area contributed by atoms with Crippen LogP contribution in [-0.2, 0) is 9.84 Å². The van der Waals surface area contributed by atoms with Gasteiger partial charge in [0.15, 0.2) is 9.84 Å². The maximum absolute atomic E-state index is 11.5. The third-order valence-electron chi connectivity index (χ3n) is 2.17. The van der Waals surface area contributed by atoms with E-state index < -0.39 is 9.84 Å². The molecule has 0 unspecified atom stereocenters. The van der Waals surface area contributed by atoms with Crippen LogP contribution >= 0.6 is 38.5 Å². The van der Waals surface area contributed by atoms with Gasteiger partial charge < -0.3 is 5.32 Å². The molecule has 0 atom stereocenters. The Hall–Kier alpha value is 0.180. The van der Waals surface area contributed by atoms with Gasteiger partial charge in [-0.25, -0.2) is 8.42 Å². The summed E-state index contributed by atoms with van der Waals surface area (Å²) in [6.07, 6.45) is 0.676. The van der Waals surface area contributed by atoms with E-state index >= 15 is 0 Å². The van der Waals surface area contributed by atoms with Crippen molar-refractivity contribution in [1.29, 1.82) is 0 Å². The van der Waals surface area contributed by atoms with E-state index in [2.05, 4.69) is 43.8 Å². The number of halogens is 2. The van der Waals surface area contributed by atoms with E-state index in [1.54, 1.807) is 0 Å². The van der Waals surface area contributed by atoms with E-state index in [-0.39, 0.29) is 11.5 Å². The summed E-state index contributed by atoms with van der Waals surface area (Å²) < 4.78 is 25.1. The quantitative estimate of drug-likeness (QED) is 0.703. The first-order valence-electron chi connectivity index (χ1n) is 5.34. The summed E-state index contributed by atoms with van der Waals surface area (Å²) in [5, 5.41) is 3.14. The minimum Gasteiger partial charge on any atom is -0.383 e. The van der Waals surface area contributed by atoms with Gasteiger partial charge in [-0.05, 0) is 63.1 Å². The fraction of sp³-hybridized carbons (Fsp3) is 0.455. The summed E-state index contributed by atoms with van der Waals surface area (Å²) >= 11 is 5.65. The Balaban J connectivity index is 2.54. The van der Waals surface area contributed by atoms with Gasteiger partial charge in [0.05, 0.1) is 5.75 Å². The molecule has 0 aliphatic heterocycles. The van der Waals surface area contributed by atoms with Crippen LogP contribution in [0.25, 0.3) is 0 Å². The Morgan fingerprint density at radius 2 is 2.06 bits per heavy atom. The average molecular weight is 432 g/mol. The van der Waals surface area contributed by atoms with Crippen molar-refractivity contribution in [2.24, 2.45) is 0 Å². The number of rotatable bonds is 6. The molecule has 1 N–H and O–H groups in total. The zero-order valence-electron chi connectivity index (χ0n) is 9.54. The predicted molar refractivity (Wildman–Crippen MR) is 84.3 cm³/mol. The lowest BCUT2D eigenvalue weighted by molar-refractivity contribution is 0.595. The Morgan fingerprint density at radius 1 is 1.35 bits per heavy atom. The minimum atomic E-state index is -2.90. The van der Waals surface area contributed by atoms with Crippen LogP contribution in [-0.4, -0.2) is 26.5 Å². The van der Waals surface area contributed by atoms with Gasteiger partial charge in [0.25, 0.3) is 0 Å². The zero-order valence-corrected chi connectivity index (χ0v) is 14.1. The Morgan fingerprint density at radius 3 is 2.71 bits per heavy atom. The van der Waals surface area contributed by atoms with Gasteiger partial charge in [-0.1, -0.05) is 6.92 Å². The highest BCUT2D eigenvalue weighted by Gasteiger charge is 2.09. The van der Waals surface area contributed by atoms with Crippen molar-refractivity contribution < 1.29 is 8.42 Å². The lowest BCUT2D eigenvalue weighted by atomic mass is 10.3. The number of sulfone groups is 1. The van der Waals surface area contributed by atoms with Crippen molar-refractivity contribution in [2.45, 2.75) is 13.3 Å². The van der Waals surface area contributed by atoms with Crippen LogP contribution in [0.1, 0.15) is 13.3 Å². The number of hydrogen-bond donors (Lipinski definition) is 1. The summed E-state index contributed by atoms with van der Waals surface area (Å²) in [7, 11) is -2.90. The first-order chi connectivity index (χ1) is 7.94. The van der Waals surface area contributed by atoms with Crippen molar-refractivity contribution in [1.82, 2.24) is 0 Å². The summed E-state index contributed by atoms with van der Waals surface area (Å²) in [5.41, 5.74) is 0.934. The van der Waals surface area contributed by atoms with Gasteiger partial charge in [0, 0.05) is 26.0 Å². The monoisotopic (exact) mass is 431 g/mol. The highest BCUT2D eigenvalue weighted by Crippen LogP contribution is 2.24. The second-order valence-corrected chi connectivity index (χ2v) is 8.11. The maximum atomic E-state index is 11.5. The van der Waals surface area contributed by atoms with Crippen molar-refractivity contribution >= 4 is 54.0 Å². The van der Waals surface area contributed by atoms with Crippen LogP contribution in [0.3, 0.4) is 0 Å². The van der Waals surface area contributed by atoms with Crippen molar-refractivity contribution in [3.05, 3.63) is 26.2 Å². The van der Waals surface area contributed by atoms with E-state index in [1.807, 2.05) is 25.1 Å². The summed E-state index contributed by atoms with van der Waals surface area (Å²) in [6, 6.07) is 5.92. The summed E-state index contributed by atoms with van der Waals surface area (Å²) in [4.78, 5) is 0. The molecule has 17 heavy (non-hydrogen) atoms. The molecule has 0 spiro atoms. The highest BCUT2D eigenvalue weighted by molar-refractivity contribution is 14.1. The number of anilines is 1. The second-order valence-electron chi connectivity index (χ2n) is 3.70. The lowest BCUT2D eigenvalue weighted by Gasteiger charge is -2.09. The largest absolute Gasteiger partial charge is 0.383 e. The molecule has 0 aliphatic carbocycles. The van der Waals surface area contributed by atoms with E-state index in [9.17, 15) is 8.42 Å². The molecule has 3 nitrogen and oxygen atoms in total. The van der Waals surface area contributed by atoms with Crippen LogP contribution in [0.5, 0.6) is 0 Å². The van der Waals surface area contributed by atoms with Crippen molar-refractivity contribution in [2.75, 3.05) is 23.4 Å². The van der Waals surface area contributed by atoms with E-state index in [4.69, 9.17) is 0 Å². The fourth-order valence-electron chi connectivity index (χ4n) is 1.39. The van der Waals surface area contributed by atoms with Crippen LogP contribution in [0.2, 0.25) is 0 Å². The van der Waals surface area contributed by atoms with E-state index in [0.717, 1.165) is 13.7 Å².